The molecule has 26 heavy (non-hydrogen) atoms. The zero-order valence-electron chi connectivity index (χ0n) is 14.4. The summed E-state index contributed by atoms with van der Waals surface area (Å²) in [5, 5.41) is 8.34. The molecule has 9 nitrogen and oxygen atoms in total. The predicted octanol–water partition coefficient (Wildman–Crippen LogP) is 1.68. The third kappa shape index (κ3) is 3.42. The summed E-state index contributed by atoms with van der Waals surface area (Å²) in [6.07, 6.45) is 3.66. The molecule has 3 N–H and O–H groups in total. The number of hydrogen-bond acceptors (Lipinski definition) is 8. The first-order valence-electron chi connectivity index (χ1n) is 8.45. The number of hydrazone groups is 1. The van der Waals surface area contributed by atoms with E-state index in [1.54, 1.807) is 13.3 Å². The van der Waals surface area contributed by atoms with Gasteiger partial charge in [-0.3, -0.25) is 0 Å². The maximum Gasteiger partial charge on any atom is 0.250 e. The number of morpholine rings is 1. The lowest BCUT2D eigenvalue weighted by Gasteiger charge is -2.26. The lowest BCUT2D eigenvalue weighted by Crippen LogP contribution is -2.37. The van der Waals surface area contributed by atoms with Crippen LogP contribution in [-0.4, -0.2) is 59.5 Å². The van der Waals surface area contributed by atoms with Gasteiger partial charge in [-0.25, -0.2) is 5.43 Å². The van der Waals surface area contributed by atoms with Crippen molar-refractivity contribution in [3.63, 3.8) is 0 Å². The first-order valence-corrected chi connectivity index (χ1v) is 8.45. The number of para-hydroxylation sites is 1. The standard InChI is InChI=1S/C17H20N8O/c1-18-15-21-16(23-17(22-15)25-6-8-26-9-7-25)24-20-11-12-10-19-14-5-3-2-4-13(12)14/h2-5,10-11,19H,6-9H2,1H3,(H2,18,21,22,23,24)/b20-11-. The minimum Gasteiger partial charge on any atom is -0.378 e. The third-order valence-corrected chi connectivity index (χ3v) is 4.13. The van der Waals surface area contributed by atoms with Crippen molar-refractivity contribution in [3.8, 4) is 0 Å². The Morgan fingerprint density at radius 3 is 2.81 bits per heavy atom. The Morgan fingerprint density at radius 1 is 1.15 bits per heavy atom. The van der Waals surface area contributed by atoms with Crippen molar-refractivity contribution in [2.45, 2.75) is 0 Å². The molecule has 0 amide bonds. The lowest BCUT2D eigenvalue weighted by molar-refractivity contribution is 0.122. The zero-order valence-corrected chi connectivity index (χ0v) is 14.4. The van der Waals surface area contributed by atoms with Crippen LogP contribution in [0.5, 0.6) is 0 Å². The van der Waals surface area contributed by atoms with Gasteiger partial charge >= 0.3 is 0 Å². The summed E-state index contributed by atoms with van der Waals surface area (Å²) in [7, 11) is 1.78. The van der Waals surface area contributed by atoms with Crippen molar-refractivity contribution in [2.24, 2.45) is 5.10 Å². The molecule has 3 heterocycles. The van der Waals surface area contributed by atoms with Gasteiger partial charge in [0.25, 0.3) is 0 Å². The maximum atomic E-state index is 5.38. The average Bonchev–Trinajstić information content (AvgIpc) is 3.12. The van der Waals surface area contributed by atoms with E-state index in [4.69, 9.17) is 4.74 Å². The van der Waals surface area contributed by atoms with Crippen LogP contribution in [0.3, 0.4) is 0 Å². The average molecular weight is 352 g/mol. The van der Waals surface area contributed by atoms with Crippen LogP contribution in [0.25, 0.3) is 10.9 Å². The topological polar surface area (TPSA) is 103 Å². The van der Waals surface area contributed by atoms with Crippen LogP contribution < -0.4 is 15.6 Å². The second-order valence-electron chi connectivity index (χ2n) is 5.79. The number of rotatable bonds is 5. The fraction of sp³-hybridized carbons (Fsp3) is 0.294. The number of benzene rings is 1. The minimum absolute atomic E-state index is 0.391. The molecule has 9 heteroatoms. The number of ether oxygens (including phenoxy) is 1. The van der Waals surface area contributed by atoms with Crippen molar-refractivity contribution in [2.75, 3.05) is 49.0 Å². The molecule has 0 saturated carbocycles. The Hall–Kier alpha value is -3.20. The van der Waals surface area contributed by atoms with E-state index < -0.39 is 0 Å². The molecule has 0 bridgehead atoms. The van der Waals surface area contributed by atoms with Crippen LogP contribution in [0.4, 0.5) is 17.8 Å². The predicted molar refractivity (Wildman–Crippen MR) is 102 cm³/mol. The Kier molecular flexibility index (Phi) is 4.61. The molecule has 1 fully saturated rings. The van der Waals surface area contributed by atoms with Crippen LogP contribution in [-0.2, 0) is 4.74 Å². The molecule has 0 aliphatic carbocycles. The summed E-state index contributed by atoms with van der Waals surface area (Å²) in [5.74, 6) is 1.49. The Labute approximate surface area is 150 Å². The Morgan fingerprint density at radius 2 is 1.96 bits per heavy atom. The van der Waals surface area contributed by atoms with Gasteiger partial charge in [0.2, 0.25) is 17.8 Å². The maximum absolute atomic E-state index is 5.38. The molecule has 1 aliphatic heterocycles. The number of hydrogen-bond donors (Lipinski definition) is 3. The Bertz CT molecular complexity index is 916. The highest BCUT2D eigenvalue weighted by Crippen LogP contribution is 2.17. The van der Waals surface area contributed by atoms with Crippen molar-refractivity contribution >= 4 is 35.0 Å². The summed E-state index contributed by atoms with van der Waals surface area (Å²) in [6, 6.07) is 8.07. The highest BCUT2D eigenvalue weighted by atomic mass is 16.5. The van der Waals surface area contributed by atoms with E-state index in [2.05, 4.69) is 40.7 Å². The fourth-order valence-corrected chi connectivity index (χ4v) is 2.79. The minimum atomic E-state index is 0.391. The number of fused-ring (bicyclic) bond motifs is 1. The number of nitrogens with zero attached hydrogens (tertiary/aromatic N) is 5. The molecule has 0 radical (unpaired) electrons. The quantitative estimate of drug-likeness (QED) is 0.474. The molecule has 1 aromatic carbocycles. The molecule has 1 saturated heterocycles. The smallest absolute Gasteiger partial charge is 0.250 e. The van der Waals surface area contributed by atoms with Crippen molar-refractivity contribution in [1.82, 2.24) is 19.9 Å². The summed E-state index contributed by atoms with van der Waals surface area (Å²) >= 11 is 0. The first-order chi connectivity index (χ1) is 12.8. The second-order valence-corrected chi connectivity index (χ2v) is 5.79. The van der Waals surface area contributed by atoms with Gasteiger partial charge in [-0.2, -0.15) is 20.1 Å². The van der Waals surface area contributed by atoms with E-state index in [1.807, 2.05) is 30.5 Å². The van der Waals surface area contributed by atoms with E-state index in [1.165, 1.54) is 0 Å². The highest BCUT2D eigenvalue weighted by Gasteiger charge is 2.16. The fourth-order valence-electron chi connectivity index (χ4n) is 2.79. The molecule has 134 valence electrons. The molecular formula is C17H20N8O. The molecule has 2 aromatic heterocycles. The molecule has 0 atom stereocenters. The number of anilines is 3. The van der Waals surface area contributed by atoms with E-state index in [0.717, 1.165) is 29.6 Å². The normalized spacial score (nSPS) is 14.9. The summed E-state index contributed by atoms with van der Waals surface area (Å²) in [6.45, 7) is 2.85. The van der Waals surface area contributed by atoms with Gasteiger partial charge in [0.15, 0.2) is 0 Å². The summed E-state index contributed by atoms with van der Waals surface area (Å²) < 4.78 is 5.38. The zero-order chi connectivity index (χ0) is 17.8. The largest absolute Gasteiger partial charge is 0.378 e. The van der Waals surface area contributed by atoms with Gasteiger partial charge in [-0.05, 0) is 6.07 Å². The van der Waals surface area contributed by atoms with Crippen LogP contribution in [0.15, 0.2) is 35.6 Å². The van der Waals surface area contributed by atoms with E-state index in [9.17, 15) is 0 Å². The number of aromatic amines is 1. The van der Waals surface area contributed by atoms with Crippen LogP contribution in [0.1, 0.15) is 5.56 Å². The van der Waals surface area contributed by atoms with Gasteiger partial charge in [0, 0.05) is 42.8 Å². The van der Waals surface area contributed by atoms with Crippen molar-refractivity contribution in [1.29, 1.82) is 0 Å². The summed E-state index contributed by atoms with van der Waals surface area (Å²) in [4.78, 5) is 18.5. The number of aromatic nitrogens is 4. The molecule has 4 rings (SSSR count). The monoisotopic (exact) mass is 352 g/mol. The van der Waals surface area contributed by atoms with Crippen molar-refractivity contribution in [3.05, 3.63) is 36.0 Å². The van der Waals surface area contributed by atoms with Gasteiger partial charge in [-0.1, -0.05) is 18.2 Å². The van der Waals surface area contributed by atoms with Gasteiger partial charge in [-0.15, -0.1) is 0 Å². The molecule has 3 aromatic rings. The lowest BCUT2D eigenvalue weighted by atomic mass is 10.2. The number of nitrogens with one attached hydrogen (secondary N) is 3. The SMILES string of the molecule is CNc1nc(N/N=C\c2c[nH]c3ccccc23)nc(N2CCOCC2)n1. The molecular weight excluding hydrogens is 332 g/mol. The van der Waals surface area contributed by atoms with E-state index in [-0.39, 0.29) is 0 Å². The van der Waals surface area contributed by atoms with Gasteiger partial charge < -0.3 is 19.9 Å². The molecule has 0 unspecified atom stereocenters. The third-order valence-electron chi connectivity index (χ3n) is 4.13. The van der Waals surface area contributed by atoms with E-state index >= 15 is 0 Å². The highest BCUT2D eigenvalue weighted by molar-refractivity contribution is 5.99. The first kappa shape index (κ1) is 16.3. The second kappa shape index (κ2) is 7.36. The van der Waals surface area contributed by atoms with E-state index in [0.29, 0.717) is 31.1 Å². The van der Waals surface area contributed by atoms with Crippen LogP contribution in [0, 0.1) is 0 Å². The van der Waals surface area contributed by atoms with Crippen LogP contribution >= 0.6 is 0 Å². The van der Waals surface area contributed by atoms with Gasteiger partial charge in [0.05, 0.1) is 19.4 Å². The Balaban J connectivity index is 1.53. The number of H-pyrrole nitrogens is 1. The van der Waals surface area contributed by atoms with Crippen LogP contribution in [0.2, 0.25) is 0 Å². The molecule has 0 spiro atoms. The molecule has 1 aliphatic rings. The summed E-state index contributed by atoms with van der Waals surface area (Å²) in [5.41, 5.74) is 4.96. The van der Waals surface area contributed by atoms with Crippen molar-refractivity contribution < 1.29 is 4.74 Å². The van der Waals surface area contributed by atoms with Gasteiger partial charge in [0.1, 0.15) is 0 Å².